The van der Waals surface area contributed by atoms with Gasteiger partial charge in [-0.3, -0.25) is 19.2 Å². The molecule has 0 bridgehead atoms. The summed E-state index contributed by atoms with van der Waals surface area (Å²) in [6.45, 7) is 17.6. The van der Waals surface area contributed by atoms with Crippen molar-refractivity contribution < 1.29 is 23.9 Å². The Kier molecular flexibility index (Phi) is 10.5. The first-order valence-electron chi connectivity index (χ1n) is 15.6. The molecule has 0 aromatic heterocycles. The predicted molar refractivity (Wildman–Crippen MR) is 176 cm³/mol. The normalized spacial score (nSPS) is 16.1. The molecule has 3 atom stereocenters. The van der Waals surface area contributed by atoms with Crippen molar-refractivity contribution >= 4 is 34.8 Å². The fourth-order valence-corrected chi connectivity index (χ4v) is 7.29. The molecule has 3 rings (SSSR count). The predicted octanol–water partition coefficient (Wildman–Crippen LogP) is 6.61. The fourth-order valence-electron chi connectivity index (χ4n) is 7.29. The van der Waals surface area contributed by atoms with Gasteiger partial charge in [-0.05, 0) is 61.7 Å². The maximum atomic E-state index is 14.3. The van der Waals surface area contributed by atoms with Crippen molar-refractivity contribution in [1.82, 2.24) is 4.90 Å². The summed E-state index contributed by atoms with van der Waals surface area (Å²) in [5.41, 5.74) is 6.40. The first-order valence-corrected chi connectivity index (χ1v) is 15.6. The zero-order valence-corrected chi connectivity index (χ0v) is 28.2. The third-order valence-corrected chi connectivity index (χ3v) is 8.93. The highest BCUT2D eigenvalue weighted by Gasteiger charge is 2.48. The summed E-state index contributed by atoms with van der Waals surface area (Å²) in [6.07, 6.45) is 2.02. The van der Waals surface area contributed by atoms with Gasteiger partial charge in [-0.25, -0.2) is 0 Å². The Morgan fingerprint density at radius 3 is 2.02 bits per heavy atom. The van der Waals surface area contributed by atoms with Crippen LogP contribution in [0.3, 0.4) is 0 Å². The lowest BCUT2D eigenvalue weighted by Gasteiger charge is -2.47. The number of amides is 1. The van der Waals surface area contributed by atoms with Gasteiger partial charge in [-0.2, -0.15) is 0 Å². The number of benzene rings is 2. The van der Waals surface area contributed by atoms with Crippen molar-refractivity contribution in [2.24, 2.45) is 28.1 Å². The number of likely N-dealkylation sites (N-methyl/N-ethyl adjacent to an activating group) is 1. The van der Waals surface area contributed by atoms with Crippen molar-refractivity contribution in [3.05, 3.63) is 58.7 Å². The third kappa shape index (κ3) is 7.57. The zero-order valence-electron chi connectivity index (χ0n) is 28.2. The molecule has 3 N–H and O–H groups in total. The third-order valence-electron chi connectivity index (χ3n) is 8.93. The summed E-state index contributed by atoms with van der Waals surface area (Å²) in [6, 6.07) is 9.86. The fraction of sp³-hybridized carbons (Fsp3) is 0.556. The van der Waals surface area contributed by atoms with Crippen LogP contribution in [-0.4, -0.2) is 55.6 Å². The molecule has 1 aliphatic carbocycles. The van der Waals surface area contributed by atoms with Gasteiger partial charge in [0.1, 0.15) is 6.61 Å². The number of esters is 1. The van der Waals surface area contributed by atoms with Crippen molar-refractivity contribution in [1.29, 1.82) is 0 Å². The lowest BCUT2D eigenvalue weighted by Crippen LogP contribution is -2.47. The maximum Gasteiger partial charge on any atom is 0.308 e. The number of nitrogens with two attached hydrogens (primary N) is 1. The van der Waals surface area contributed by atoms with Gasteiger partial charge >= 0.3 is 5.97 Å². The van der Waals surface area contributed by atoms with E-state index in [1.807, 2.05) is 46.7 Å². The van der Waals surface area contributed by atoms with Crippen molar-refractivity contribution in [3.63, 3.8) is 0 Å². The van der Waals surface area contributed by atoms with Crippen LogP contribution in [0.2, 0.25) is 0 Å². The van der Waals surface area contributed by atoms with E-state index in [1.165, 1.54) is 0 Å². The number of ketones is 2. The average molecular weight is 606 g/mol. The van der Waals surface area contributed by atoms with Crippen LogP contribution < -0.4 is 11.1 Å². The monoisotopic (exact) mass is 605 g/mol. The van der Waals surface area contributed by atoms with E-state index in [9.17, 15) is 19.2 Å². The van der Waals surface area contributed by atoms with E-state index >= 15 is 0 Å². The van der Waals surface area contributed by atoms with E-state index in [0.29, 0.717) is 37.1 Å². The second-order valence-electron chi connectivity index (χ2n) is 14.9. The zero-order chi connectivity index (χ0) is 33.2. The van der Waals surface area contributed by atoms with Gasteiger partial charge in [0, 0.05) is 29.3 Å². The highest BCUT2D eigenvalue weighted by atomic mass is 16.5. The van der Waals surface area contributed by atoms with Gasteiger partial charge in [0.25, 0.3) is 0 Å². The van der Waals surface area contributed by atoms with Gasteiger partial charge in [-0.1, -0.05) is 79.7 Å². The Morgan fingerprint density at radius 2 is 1.50 bits per heavy atom. The summed E-state index contributed by atoms with van der Waals surface area (Å²) in [4.78, 5) is 56.1. The number of ether oxygens (including phenoxy) is 1. The largest absolute Gasteiger partial charge is 0.464 e. The highest BCUT2D eigenvalue weighted by molar-refractivity contribution is 6.32. The van der Waals surface area contributed by atoms with E-state index in [4.69, 9.17) is 10.5 Å². The van der Waals surface area contributed by atoms with Crippen LogP contribution in [0.15, 0.2) is 36.4 Å². The number of nitrogens with one attached hydrogen (secondary N) is 1. The van der Waals surface area contributed by atoms with Crippen LogP contribution in [0.4, 0.5) is 11.4 Å². The van der Waals surface area contributed by atoms with Crippen LogP contribution in [0, 0.1) is 28.1 Å². The Bertz CT molecular complexity index is 1420. The molecule has 0 fully saturated rings. The molecule has 0 spiro atoms. The van der Waals surface area contributed by atoms with Crippen LogP contribution >= 0.6 is 0 Å². The van der Waals surface area contributed by atoms with Gasteiger partial charge in [0.15, 0.2) is 11.6 Å². The Hall–Kier alpha value is -3.52. The smallest absolute Gasteiger partial charge is 0.308 e. The number of carbonyl (C=O) groups is 4. The Balaban J connectivity index is 1.91. The first kappa shape index (κ1) is 35.0. The molecule has 1 aliphatic rings. The topological polar surface area (TPSA) is 119 Å². The second-order valence-corrected chi connectivity index (χ2v) is 14.9. The molecule has 0 saturated carbocycles. The minimum atomic E-state index is -0.462. The molecule has 3 unspecified atom stereocenters. The lowest BCUT2D eigenvalue weighted by molar-refractivity contribution is -0.150. The van der Waals surface area contributed by atoms with E-state index in [0.717, 1.165) is 6.42 Å². The average Bonchev–Trinajstić information content (AvgIpc) is 2.90. The quantitative estimate of drug-likeness (QED) is 0.176. The summed E-state index contributed by atoms with van der Waals surface area (Å²) < 4.78 is 5.51. The van der Waals surface area contributed by atoms with Gasteiger partial charge in [0.05, 0.1) is 22.7 Å². The molecule has 240 valence electrons. The standard InChI is InChI=1S/C36H51N3O5/c1-11-36(8,21-35(6,7)20-22(2)33(43)44-19-18-39(9)10)31(34(3,4)5)32(42)38-26-17-16-25(37)27-28(26)30(41)24-15-13-12-14-23(24)29(27)40/h12-17,22,31H,11,18-21,37H2,1-10H3,(H,38,42). The van der Waals surface area contributed by atoms with E-state index in [1.54, 1.807) is 36.4 Å². The number of anilines is 2. The number of hydrogen-bond acceptors (Lipinski definition) is 7. The Labute approximate surface area is 263 Å². The highest BCUT2D eigenvalue weighted by Crippen LogP contribution is 2.51. The summed E-state index contributed by atoms with van der Waals surface area (Å²) in [7, 11) is 3.87. The van der Waals surface area contributed by atoms with E-state index < -0.39 is 16.7 Å². The van der Waals surface area contributed by atoms with Gasteiger partial charge in [0.2, 0.25) is 5.91 Å². The second kappa shape index (κ2) is 13.2. The molecule has 2 aromatic carbocycles. The number of nitrogen functional groups attached to an aromatic ring is 1. The lowest BCUT2D eigenvalue weighted by atomic mass is 9.57. The molecule has 8 heteroatoms. The molecule has 0 saturated heterocycles. The molecule has 1 amide bonds. The minimum absolute atomic E-state index is 0.129. The molecule has 2 aromatic rings. The summed E-state index contributed by atoms with van der Waals surface area (Å²) >= 11 is 0. The molecule has 8 nitrogen and oxygen atoms in total. The summed E-state index contributed by atoms with van der Waals surface area (Å²) in [5.74, 6) is -1.85. The van der Waals surface area contributed by atoms with Crippen LogP contribution in [-0.2, 0) is 14.3 Å². The maximum absolute atomic E-state index is 14.3. The van der Waals surface area contributed by atoms with Crippen LogP contribution in [0.5, 0.6) is 0 Å². The van der Waals surface area contributed by atoms with Crippen molar-refractivity contribution in [2.75, 3.05) is 38.3 Å². The van der Waals surface area contributed by atoms with E-state index in [2.05, 4.69) is 33.0 Å². The first-order chi connectivity index (χ1) is 20.3. The summed E-state index contributed by atoms with van der Waals surface area (Å²) in [5, 5.41) is 3.06. The van der Waals surface area contributed by atoms with Crippen molar-refractivity contribution in [2.45, 2.75) is 74.7 Å². The van der Waals surface area contributed by atoms with Gasteiger partial charge in [-0.15, -0.1) is 0 Å². The van der Waals surface area contributed by atoms with Crippen LogP contribution in [0.1, 0.15) is 106 Å². The molecular weight excluding hydrogens is 554 g/mol. The molecular formula is C36H51N3O5. The molecule has 0 heterocycles. The number of nitrogens with zero attached hydrogens (tertiary/aromatic N) is 1. The molecule has 0 aliphatic heterocycles. The molecule has 44 heavy (non-hydrogen) atoms. The SMILES string of the molecule is CCC(C)(CC(C)(C)CC(C)C(=O)OCCN(C)C)C(C(=O)Nc1ccc(N)c2c1C(=O)c1ccccc1C2=O)C(C)(C)C. The number of fused-ring (bicyclic) bond motifs is 2. The van der Waals surface area contributed by atoms with Crippen LogP contribution in [0.25, 0.3) is 0 Å². The number of hydrogen-bond donors (Lipinski definition) is 2. The van der Waals surface area contributed by atoms with E-state index in [-0.39, 0.29) is 57.3 Å². The Morgan fingerprint density at radius 1 is 0.932 bits per heavy atom. The molecule has 0 radical (unpaired) electrons. The number of carbonyl (C=O) groups excluding carboxylic acids is 4. The minimum Gasteiger partial charge on any atom is -0.464 e. The van der Waals surface area contributed by atoms with Gasteiger partial charge < -0.3 is 20.7 Å². The number of rotatable bonds is 12. The van der Waals surface area contributed by atoms with Crippen molar-refractivity contribution in [3.8, 4) is 0 Å².